The molecular formula is C21H12F6. The molecule has 0 unspecified atom stereocenters. The van der Waals surface area contributed by atoms with Gasteiger partial charge in [-0.25, -0.2) is 0 Å². The molecule has 27 heavy (non-hydrogen) atoms. The Kier molecular flexibility index (Phi) is 3.84. The fourth-order valence-electron chi connectivity index (χ4n) is 3.54. The van der Waals surface area contributed by atoms with Gasteiger partial charge in [-0.1, -0.05) is 42.5 Å². The first kappa shape index (κ1) is 17.6. The van der Waals surface area contributed by atoms with Gasteiger partial charge >= 0.3 is 12.4 Å². The van der Waals surface area contributed by atoms with Crippen LogP contribution in [-0.4, -0.2) is 0 Å². The predicted molar refractivity (Wildman–Crippen MR) is 90.1 cm³/mol. The number of rotatable bonds is 1. The van der Waals surface area contributed by atoms with Crippen LogP contribution in [0, 0.1) is 0 Å². The molecule has 3 aromatic carbocycles. The molecule has 0 fully saturated rings. The predicted octanol–water partition coefficient (Wildman–Crippen LogP) is 6.96. The van der Waals surface area contributed by atoms with Crippen LogP contribution in [0.15, 0.2) is 60.7 Å². The van der Waals surface area contributed by atoms with Crippen LogP contribution < -0.4 is 0 Å². The van der Waals surface area contributed by atoms with Gasteiger partial charge in [0, 0.05) is 0 Å². The minimum atomic E-state index is -4.86. The van der Waals surface area contributed by atoms with Gasteiger partial charge in [0.1, 0.15) is 0 Å². The van der Waals surface area contributed by atoms with Crippen molar-refractivity contribution < 1.29 is 26.3 Å². The summed E-state index contributed by atoms with van der Waals surface area (Å²) in [5.74, 6) is 0. The second-order valence-corrected chi connectivity index (χ2v) is 6.46. The van der Waals surface area contributed by atoms with E-state index in [0.29, 0.717) is 12.0 Å². The summed E-state index contributed by atoms with van der Waals surface area (Å²) in [6.45, 7) is 0. The quantitative estimate of drug-likeness (QED) is 0.314. The third kappa shape index (κ3) is 3.09. The van der Waals surface area contributed by atoms with E-state index in [2.05, 4.69) is 0 Å². The second kappa shape index (κ2) is 5.87. The summed E-state index contributed by atoms with van der Waals surface area (Å²) in [5, 5.41) is 0. The highest BCUT2D eigenvalue weighted by Gasteiger charge is 2.37. The highest BCUT2D eigenvalue weighted by Crippen LogP contribution is 2.44. The van der Waals surface area contributed by atoms with Crippen LogP contribution in [0.5, 0.6) is 0 Å². The lowest BCUT2D eigenvalue weighted by Crippen LogP contribution is -2.11. The highest BCUT2D eigenvalue weighted by molar-refractivity contribution is 5.85. The largest absolute Gasteiger partial charge is 0.416 e. The fraction of sp³-hybridized carbons (Fsp3) is 0.143. The van der Waals surface area contributed by atoms with Gasteiger partial charge in [0.2, 0.25) is 0 Å². The van der Waals surface area contributed by atoms with Crippen molar-refractivity contribution in [3.63, 3.8) is 0 Å². The number of hydrogen-bond acceptors (Lipinski definition) is 0. The molecule has 0 amide bonds. The Morgan fingerprint density at radius 2 is 1.15 bits per heavy atom. The van der Waals surface area contributed by atoms with Gasteiger partial charge in [-0.15, -0.1) is 0 Å². The average molecular weight is 378 g/mol. The van der Waals surface area contributed by atoms with E-state index in [9.17, 15) is 26.3 Å². The maximum Gasteiger partial charge on any atom is 0.416 e. The monoisotopic (exact) mass is 378 g/mol. The summed E-state index contributed by atoms with van der Waals surface area (Å²) in [4.78, 5) is 0. The molecule has 4 rings (SSSR count). The molecule has 0 N–H and O–H groups in total. The molecule has 0 saturated heterocycles. The van der Waals surface area contributed by atoms with Gasteiger partial charge in [0.15, 0.2) is 0 Å². The fourth-order valence-corrected chi connectivity index (χ4v) is 3.54. The lowest BCUT2D eigenvalue weighted by molar-refractivity contribution is -0.143. The Labute approximate surface area is 151 Å². The van der Waals surface area contributed by atoms with Crippen LogP contribution in [0.1, 0.15) is 22.3 Å². The highest BCUT2D eigenvalue weighted by atomic mass is 19.4. The van der Waals surface area contributed by atoms with E-state index >= 15 is 0 Å². The normalized spacial score (nSPS) is 13.4. The van der Waals surface area contributed by atoms with Crippen molar-refractivity contribution in [2.45, 2.75) is 18.8 Å². The van der Waals surface area contributed by atoms with Crippen LogP contribution in [0.3, 0.4) is 0 Å². The van der Waals surface area contributed by atoms with Crippen molar-refractivity contribution in [1.29, 1.82) is 0 Å². The van der Waals surface area contributed by atoms with Crippen molar-refractivity contribution in [3.05, 3.63) is 82.9 Å². The minimum Gasteiger partial charge on any atom is -0.166 e. The van der Waals surface area contributed by atoms with Crippen LogP contribution >= 0.6 is 0 Å². The molecule has 0 radical (unpaired) electrons. The first-order valence-electron chi connectivity index (χ1n) is 8.14. The van der Waals surface area contributed by atoms with E-state index in [1.165, 1.54) is 0 Å². The Morgan fingerprint density at radius 3 is 1.78 bits per heavy atom. The summed E-state index contributed by atoms with van der Waals surface area (Å²) in [6, 6.07) is 14.3. The molecule has 138 valence electrons. The molecule has 3 aromatic rings. The van der Waals surface area contributed by atoms with Crippen LogP contribution in [0.4, 0.5) is 26.3 Å². The van der Waals surface area contributed by atoms with Crippen molar-refractivity contribution in [2.24, 2.45) is 0 Å². The molecule has 0 heterocycles. The zero-order chi connectivity index (χ0) is 19.4. The average Bonchev–Trinajstić information content (AvgIpc) is 2.98. The minimum absolute atomic E-state index is 0.0817. The van der Waals surface area contributed by atoms with E-state index in [0.717, 1.165) is 34.4 Å². The molecule has 1 aliphatic rings. The molecule has 1 aliphatic carbocycles. The maximum atomic E-state index is 13.2. The molecule has 0 aliphatic heterocycles. The first-order chi connectivity index (χ1) is 12.6. The molecule has 0 atom stereocenters. The van der Waals surface area contributed by atoms with Crippen molar-refractivity contribution in [1.82, 2.24) is 0 Å². The Hall–Kier alpha value is -2.76. The third-order valence-corrected chi connectivity index (χ3v) is 4.75. The summed E-state index contributed by atoms with van der Waals surface area (Å²) < 4.78 is 79.0. The molecule has 0 saturated carbocycles. The van der Waals surface area contributed by atoms with Crippen LogP contribution in [0.25, 0.3) is 22.3 Å². The molecule has 0 aromatic heterocycles. The van der Waals surface area contributed by atoms with E-state index in [1.54, 1.807) is 12.1 Å². The van der Waals surface area contributed by atoms with E-state index in [-0.39, 0.29) is 11.6 Å². The van der Waals surface area contributed by atoms with Gasteiger partial charge in [0.25, 0.3) is 0 Å². The number of hydrogen-bond donors (Lipinski definition) is 0. The number of benzene rings is 3. The number of fused-ring (bicyclic) bond motifs is 3. The lowest BCUT2D eigenvalue weighted by atomic mass is 9.93. The smallest absolute Gasteiger partial charge is 0.166 e. The summed E-state index contributed by atoms with van der Waals surface area (Å²) >= 11 is 0. The standard InChI is InChI=1S/C21H12F6/c22-20(23,24)14-8-13(9-15(11-14)21(25,26)27)17-6-3-7-18-16-5-2-1-4-12(16)10-19(17)18/h1-9,11H,10H2. The number of alkyl halides is 6. The number of halogens is 6. The van der Waals surface area contributed by atoms with Gasteiger partial charge in [-0.3, -0.25) is 0 Å². The van der Waals surface area contributed by atoms with E-state index in [4.69, 9.17) is 0 Å². The van der Waals surface area contributed by atoms with Gasteiger partial charge < -0.3 is 0 Å². The molecule has 0 spiro atoms. The molecule has 0 bridgehead atoms. The summed E-state index contributed by atoms with van der Waals surface area (Å²) in [6.07, 6.45) is -9.26. The summed E-state index contributed by atoms with van der Waals surface area (Å²) in [5.41, 5.74) is 1.24. The van der Waals surface area contributed by atoms with Crippen molar-refractivity contribution in [3.8, 4) is 22.3 Å². The Balaban J connectivity index is 1.93. The summed E-state index contributed by atoms with van der Waals surface area (Å²) in [7, 11) is 0. The van der Waals surface area contributed by atoms with Gasteiger partial charge in [-0.05, 0) is 58.0 Å². The topological polar surface area (TPSA) is 0 Å². The van der Waals surface area contributed by atoms with E-state index < -0.39 is 23.5 Å². The molecule has 0 nitrogen and oxygen atoms in total. The Bertz CT molecular complexity index is 995. The maximum absolute atomic E-state index is 13.2. The van der Waals surface area contributed by atoms with E-state index in [1.807, 2.05) is 30.3 Å². The molecular weight excluding hydrogens is 366 g/mol. The van der Waals surface area contributed by atoms with Gasteiger partial charge in [0.05, 0.1) is 11.1 Å². The first-order valence-corrected chi connectivity index (χ1v) is 8.14. The van der Waals surface area contributed by atoms with Gasteiger partial charge in [-0.2, -0.15) is 26.3 Å². The SMILES string of the molecule is FC(F)(F)c1cc(-c2cccc3c2Cc2ccccc2-3)cc(C(F)(F)F)c1. The van der Waals surface area contributed by atoms with Crippen LogP contribution in [0.2, 0.25) is 0 Å². The van der Waals surface area contributed by atoms with Crippen LogP contribution in [-0.2, 0) is 18.8 Å². The lowest BCUT2D eigenvalue weighted by Gasteiger charge is -2.16. The van der Waals surface area contributed by atoms with Crippen molar-refractivity contribution >= 4 is 0 Å². The Morgan fingerprint density at radius 1 is 0.593 bits per heavy atom. The van der Waals surface area contributed by atoms with Crippen molar-refractivity contribution in [2.75, 3.05) is 0 Å². The zero-order valence-electron chi connectivity index (χ0n) is 13.7. The zero-order valence-corrected chi connectivity index (χ0v) is 13.7. The molecule has 6 heteroatoms. The second-order valence-electron chi connectivity index (χ2n) is 6.46. The third-order valence-electron chi connectivity index (χ3n) is 4.75.